The molecule has 3 heteroatoms. The number of ether oxygens (including phenoxy) is 1. The van der Waals surface area contributed by atoms with Crippen molar-refractivity contribution in [3.63, 3.8) is 0 Å². The fraction of sp³-hybridized carbons (Fsp3) is 0.600. The normalized spacial score (nSPS) is 14.2. The molecule has 1 rings (SSSR count). The van der Waals surface area contributed by atoms with Gasteiger partial charge in [-0.2, -0.15) is 0 Å². The van der Waals surface area contributed by atoms with E-state index in [-0.39, 0.29) is 12.1 Å². The highest BCUT2D eigenvalue weighted by atomic mass is 16.5. The number of hydrogen-bond acceptors (Lipinski definition) is 3. The third kappa shape index (κ3) is 4.67. The van der Waals surface area contributed by atoms with Crippen molar-refractivity contribution in [2.75, 3.05) is 13.2 Å². The Bertz CT molecular complexity index is 341. The summed E-state index contributed by atoms with van der Waals surface area (Å²) < 4.78 is 5.62. The molecule has 0 aliphatic carbocycles. The highest BCUT2D eigenvalue weighted by Crippen LogP contribution is 2.24. The van der Waals surface area contributed by atoms with Crippen LogP contribution < -0.4 is 10.1 Å². The van der Waals surface area contributed by atoms with Crippen LogP contribution >= 0.6 is 0 Å². The van der Waals surface area contributed by atoms with Crippen LogP contribution in [0.25, 0.3) is 0 Å². The minimum atomic E-state index is -0.202. The van der Waals surface area contributed by atoms with Crippen LogP contribution in [0, 0.1) is 0 Å². The highest BCUT2D eigenvalue weighted by Gasteiger charge is 2.10. The van der Waals surface area contributed by atoms with E-state index in [1.54, 1.807) is 0 Å². The van der Waals surface area contributed by atoms with Crippen LogP contribution in [-0.2, 0) is 0 Å². The lowest BCUT2D eigenvalue weighted by Gasteiger charge is -2.18. The molecule has 0 aliphatic heterocycles. The molecule has 3 nitrogen and oxygen atoms in total. The lowest BCUT2D eigenvalue weighted by atomic mass is 10.1. The van der Waals surface area contributed by atoms with Crippen molar-refractivity contribution in [2.45, 2.75) is 45.8 Å². The molecule has 2 atom stereocenters. The molecule has 0 bridgehead atoms. The summed E-state index contributed by atoms with van der Waals surface area (Å²) >= 11 is 0. The largest absolute Gasteiger partial charge is 0.494 e. The van der Waals surface area contributed by atoms with Gasteiger partial charge in [-0.15, -0.1) is 0 Å². The summed E-state index contributed by atoms with van der Waals surface area (Å²) in [6.45, 7) is 7.61. The summed E-state index contributed by atoms with van der Waals surface area (Å²) in [4.78, 5) is 0. The minimum absolute atomic E-state index is 0.202. The van der Waals surface area contributed by atoms with Crippen LogP contribution in [0.3, 0.4) is 0 Å². The average Bonchev–Trinajstić information content (AvgIpc) is 2.39. The molecule has 0 fully saturated rings. The van der Waals surface area contributed by atoms with Gasteiger partial charge in [0.25, 0.3) is 0 Å². The van der Waals surface area contributed by atoms with Crippen LogP contribution in [0.4, 0.5) is 0 Å². The Balaban J connectivity index is 2.52. The molecule has 1 aromatic rings. The fourth-order valence-electron chi connectivity index (χ4n) is 1.91. The zero-order valence-electron chi connectivity index (χ0n) is 11.6. The first-order chi connectivity index (χ1) is 8.69. The van der Waals surface area contributed by atoms with Gasteiger partial charge < -0.3 is 15.2 Å². The van der Waals surface area contributed by atoms with Crippen molar-refractivity contribution >= 4 is 0 Å². The maximum absolute atomic E-state index is 9.52. The first-order valence-corrected chi connectivity index (χ1v) is 6.82. The van der Waals surface area contributed by atoms with E-state index in [1.807, 2.05) is 32.0 Å². The Kier molecular flexibility index (Phi) is 6.76. The van der Waals surface area contributed by atoms with E-state index in [9.17, 15) is 5.11 Å². The predicted molar refractivity (Wildman–Crippen MR) is 74.9 cm³/mol. The third-order valence-electron chi connectivity index (χ3n) is 3.08. The van der Waals surface area contributed by atoms with Crippen molar-refractivity contribution in [3.05, 3.63) is 29.8 Å². The number of benzene rings is 1. The lowest BCUT2D eigenvalue weighted by molar-refractivity contribution is 0.158. The Morgan fingerprint density at radius 3 is 2.67 bits per heavy atom. The summed E-state index contributed by atoms with van der Waals surface area (Å²) in [6.07, 6.45) is 1.40. The van der Waals surface area contributed by atoms with Crippen molar-refractivity contribution in [1.29, 1.82) is 0 Å². The molecule has 0 spiro atoms. The molecule has 0 amide bonds. The van der Waals surface area contributed by atoms with Gasteiger partial charge in [0.05, 0.1) is 12.7 Å². The fourth-order valence-corrected chi connectivity index (χ4v) is 1.91. The van der Waals surface area contributed by atoms with E-state index in [1.165, 1.54) is 5.56 Å². The second-order valence-corrected chi connectivity index (χ2v) is 4.50. The molecule has 0 heterocycles. The summed E-state index contributed by atoms with van der Waals surface area (Å²) in [7, 11) is 0. The molecule has 1 aromatic carbocycles. The number of aliphatic hydroxyl groups excluding tert-OH is 1. The molecule has 102 valence electrons. The lowest BCUT2D eigenvalue weighted by Crippen LogP contribution is -2.23. The van der Waals surface area contributed by atoms with Crippen LogP contribution in [0.1, 0.15) is 45.2 Å². The van der Waals surface area contributed by atoms with E-state index in [2.05, 4.69) is 18.3 Å². The first kappa shape index (κ1) is 15.0. The minimum Gasteiger partial charge on any atom is -0.494 e. The molecule has 2 unspecified atom stereocenters. The SMILES string of the molecule is CCOc1ccccc1C(C)NCCC(O)CC. The summed E-state index contributed by atoms with van der Waals surface area (Å²) in [5.74, 6) is 0.941. The van der Waals surface area contributed by atoms with Gasteiger partial charge >= 0.3 is 0 Å². The van der Waals surface area contributed by atoms with Gasteiger partial charge in [-0.3, -0.25) is 0 Å². The van der Waals surface area contributed by atoms with E-state index in [4.69, 9.17) is 4.74 Å². The van der Waals surface area contributed by atoms with E-state index in [0.29, 0.717) is 6.61 Å². The van der Waals surface area contributed by atoms with Gasteiger partial charge in [0.15, 0.2) is 0 Å². The van der Waals surface area contributed by atoms with Gasteiger partial charge in [-0.05, 0) is 39.3 Å². The topological polar surface area (TPSA) is 41.5 Å². The number of rotatable bonds is 8. The molecule has 18 heavy (non-hydrogen) atoms. The molecule has 0 aliphatic rings. The van der Waals surface area contributed by atoms with Gasteiger partial charge in [0, 0.05) is 11.6 Å². The van der Waals surface area contributed by atoms with Crippen LogP contribution in [0.5, 0.6) is 5.75 Å². The van der Waals surface area contributed by atoms with Crippen molar-refractivity contribution in [1.82, 2.24) is 5.32 Å². The van der Waals surface area contributed by atoms with Gasteiger partial charge in [0.1, 0.15) is 5.75 Å². The second-order valence-electron chi connectivity index (χ2n) is 4.50. The van der Waals surface area contributed by atoms with E-state index in [0.717, 1.165) is 25.1 Å². The molecule has 0 saturated heterocycles. The molecule has 0 aromatic heterocycles. The number of aliphatic hydroxyl groups is 1. The Morgan fingerprint density at radius 2 is 2.00 bits per heavy atom. The smallest absolute Gasteiger partial charge is 0.124 e. The Labute approximate surface area is 110 Å². The van der Waals surface area contributed by atoms with Gasteiger partial charge in [-0.1, -0.05) is 25.1 Å². The first-order valence-electron chi connectivity index (χ1n) is 6.82. The zero-order chi connectivity index (χ0) is 13.4. The summed E-state index contributed by atoms with van der Waals surface area (Å²) in [5, 5.41) is 12.9. The Hall–Kier alpha value is -1.06. The number of para-hydroxylation sites is 1. The zero-order valence-corrected chi connectivity index (χ0v) is 11.6. The van der Waals surface area contributed by atoms with Crippen molar-refractivity contribution in [2.24, 2.45) is 0 Å². The average molecular weight is 251 g/mol. The van der Waals surface area contributed by atoms with Crippen LogP contribution in [-0.4, -0.2) is 24.4 Å². The molecular formula is C15H25NO2. The van der Waals surface area contributed by atoms with E-state index >= 15 is 0 Å². The van der Waals surface area contributed by atoms with Gasteiger partial charge in [-0.25, -0.2) is 0 Å². The quantitative estimate of drug-likeness (QED) is 0.746. The van der Waals surface area contributed by atoms with Crippen molar-refractivity contribution in [3.8, 4) is 5.75 Å². The Morgan fingerprint density at radius 1 is 1.28 bits per heavy atom. The maximum Gasteiger partial charge on any atom is 0.124 e. The van der Waals surface area contributed by atoms with Crippen LogP contribution in [0.2, 0.25) is 0 Å². The standard InChI is InChI=1S/C15H25NO2/c1-4-13(17)10-11-16-12(3)14-8-6-7-9-15(14)18-5-2/h6-9,12-13,16-17H,4-5,10-11H2,1-3H3. The second kappa shape index (κ2) is 8.11. The van der Waals surface area contributed by atoms with Gasteiger partial charge in [0.2, 0.25) is 0 Å². The highest BCUT2D eigenvalue weighted by molar-refractivity contribution is 5.35. The molecule has 0 radical (unpaired) electrons. The molecular weight excluding hydrogens is 226 g/mol. The predicted octanol–water partition coefficient (Wildman–Crippen LogP) is 2.90. The molecule has 0 saturated carbocycles. The summed E-state index contributed by atoms with van der Waals surface area (Å²) in [6, 6.07) is 8.33. The third-order valence-corrected chi connectivity index (χ3v) is 3.08. The van der Waals surface area contributed by atoms with Crippen molar-refractivity contribution < 1.29 is 9.84 Å². The van der Waals surface area contributed by atoms with E-state index < -0.39 is 0 Å². The number of nitrogens with one attached hydrogen (secondary N) is 1. The monoisotopic (exact) mass is 251 g/mol. The maximum atomic E-state index is 9.52. The molecule has 2 N–H and O–H groups in total. The summed E-state index contributed by atoms with van der Waals surface area (Å²) in [5.41, 5.74) is 1.17. The number of hydrogen-bond donors (Lipinski definition) is 2. The van der Waals surface area contributed by atoms with Crippen LogP contribution in [0.15, 0.2) is 24.3 Å².